The van der Waals surface area contributed by atoms with Crippen LogP contribution in [0.4, 0.5) is 5.69 Å². The minimum Gasteiger partial charge on any atom is -0.479 e. The van der Waals surface area contributed by atoms with Crippen LogP contribution in [0, 0.1) is 6.92 Å². The molecule has 1 atom stereocenters. The molecule has 1 aromatic carbocycles. The van der Waals surface area contributed by atoms with Crippen LogP contribution in [-0.4, -0.2) is 50.3 Å². The molecule has 1 unspecified atom stereocenters. The molecule has 6 heteroatoms. The number of carbonyl (C=O) groups is 2. The topological polar surface area (TPSA) is 78.9 Å². The molecule has 21 heavy (non-hydrogen) atoms. The van der Waals surface area contributed by atoms with Gasteiger partial charge in [-0.2, -0.15) is 0 Å². The SMILES string of the molecule is Cc1cc(C(=O)NCCOC(C)C(=O)O)ccc1N(C)C. The fourth-order valence-corrected chi connectivity index (χ4v) is 1.87. The summed E-state index contributed by atoms with van der Waals surface area (Å²) in [5, 5.41) is 11.4. The maximum Gasteiger partial charge on any atom is 0.332 e. The van der Waals surface area contributed by atoms with E-state index in [2.05, 4.69) is 5.32 Å². The lowest BCUT2D eigenvalue weighted by Gasteiger charge is -2.16. The van der Waals surface area contributed by atoms with E-state index in [-0.39, 0.29) is 19.1 Å². The van der Waals surface area contributed by atoms with E-state index in [1.807, 2.05) is 38.1 Å². The van der Waals surface area contributed by atoms with Crippen LogP contribution in [0.15, 0.2) is 18.2 Å². The van der Waals surface area contributed by atoms with Crippen molar-refractivity contribution in [2.75, 3.05) is 32.1 Å². The van der Waals surface area contributed by atoms with Crippen LogP contribution in [0.3, 0.4) is 0 Å². The van der Waals surface area contributed by atoms with Crippen LogP contribution in [0.1, 0.15) is 22.8 Å². The molecule has 0 heterocycles. The molecular weight excluding hydrogens is 272 g/mol. The van der Waals surface area contributed by atoms with Gasteiger partial charge < -0.3 is 20.1 Å². The second-order valence-corrected chi connectivity index (χ2v) is 5.00. The van der Waals surface area contributed by atoms with E-state index in [1.165, 1.54) is 6.92 Å². The highest BCUT2D eigenvalue weighted by molar-refractivity contribution is 5.94. The third-order valence-electron chi connectivity index (χ3n) is 3.04. The highest BCUT2D eigenvalue weighted by atomic mass is 16.5. The zero-order valence-corrected chi connectivity index (χ0v) is 12.8. The molecule has 0 fully saturated rings. The summed E-state index contributed by atoms with van der Waals surface area (Å²) in [6.45, 7) is 3.83. The molecule has 0 radical (unpaired) electrons. The predicted molar refractivity (Wildman–Crippen MR) is 80.9 cm³/mol. The summed E-state index contributed by atoms with van der Waals surface area (Å²) in [6, 6.07) is 5.48. The first-order valence-electron chi connectivity index (χ1n) is 6.73. The minimum absolute atomic E-state index is 0.161. The van der Waals surface area contributed by atoms with Gasteiger partial charge in [0.2, 0.25) is 0 Å². The number of carboxylic acids is 1. The van der Waals surface area contributed by atoms with E-state index >= 15 is 0 Å². The molecule has 0 aliphatic rings. The first-order valence-corrected chi connectivity index (χ1v) is 6.73. The predicted octanol–water partition coefficient (Wildman–Crippen LogP) is 1.28. The van der Waals surface area contributed by atoms with E-state index in [4.69, 9.17) is 9.84 Å². The second-order valence-electron chi connectivity index (χ2n) is 5.00. The van der Waals surface area contributed by atoms with Crippen LogP contribution < -0.4 is 10.2 Å². The summed E-state index contributed by atoms with van der Waals surface area (Å²) in [5.41, 5.74) is 2.65. The number of amides is 1. The number of ether oxygens (including phenoxy) is 1. The first kappa shape index (κ1) is 17.0. The maximum absolute atomic E-state index is 12.0. The zero-order valence-electron chi connectivity index (χ0n) is 12.8. The minimum atomic E-state index is -1.02. The quantitative estimate of drug-likeness (QED) is 0.741. The molecule has 1 rings (SSSR count). The smallest absolute Gasteiger partial charge is 0.332 e. The summed E-state index contributed by atoms with van der Waals surface area (Å²) in [4.78, 5) is 24.5. The Balaban J connectivity index is 2.49. The summed E-state index contributed by atoms with van der Waals surface area (Å²) in [5.74, 6) is -1.22. The molecule has 0 aromatic heterocycles. The molecule has 0 saturated heterocycles. The number of carbonyl (C=O) groups excluding carboxylic acids is 1. The Hall–Kier alpha value is -2.08. The van der Waals surface area contributed by atoms with E-state index in [0.29, 0.717) is 5.56 Å². The Labute approximate surface area is 124 Å². The Morgan fingerprint density at radius 2 is 2.05 bits per heavy atom. The van der Waals surface area contributed by atoms with Gasteiger partial charge in [0.1, 0.15) is 0 Å². The second kappa shape index (κ2) is 7.64. The Bertz CT molecular complexity index is 514. The van der Waals surface area contributed by atoms with Crippen molar-refractivity contribution in [2.45, 2.75) is 20.0 Å². The highest BCUT2D eigenvalue weighted by Gasteiger charge is 2.11. The summed E-state index contributed by atoms with van der Waals surface area (Å²) < 4.78 is 5.04. The van der Waals surface area contributed by atoms with Crippen molar-refractivity contribution in [3.63, 3.8) is 0 Å². The number of hydrogen-bond acceptors (Lipinski definition) is 4. The lowest BCUT2D eigenvalue weighted by atomic mass is 10.1. The van der Waals surface area contributed by atoms with Crippen LogP contribution >= 0.6 is 0 Å². The third-order valence-corrected chi connectivity index (χ3v) is 3.04. The monoisotopic (exact) mass is 294 g/mol. The number of aryl methyl sites for hydroxylation is 1. The Kier molecular flexibility index (Phi) is 6.17. The normalized spacial score (nSPS) is 11.8. The molecule has 0 aliphatic heterocycles. The van der Waals surface area contributed by atoms with Gasteiger partial charge >= 0.3 is 5.97 Å². The lowest BCUT2D eigenvalue weighted by molar-refractivity contribution is -0.148. The summed E-state index contributed by atoms with van der Waals surface area (Å²) in [7, 11) is 3.89. The van der Waals surface area contributed by atoms with Gasteiger partial charge in [-0.3, -0.25) is 4.79 Å². The van der Waals surface area contributed by atoms with Crippen molar-refractivity contribution in [1.82, 2.24) is 5.32 Å². The van der Waals surface area contributed by atoms with E-state index in [1.54, 1.807) is 6.07 Å². The van der Waals surface area contributed by atoms with Crippen molar-refractivity contribution >= 4 is 17.6 Å². The number of aliphatic carboxylic acids is 1. The number of hydrogen-bond donors (Lipinski definition) is 2. The van der Waals surface area contributed by atoms with E-state index < -0.39 is 12.1 Å². The van der Waals surface area contributed by atoms with Gasteiger partial charge in [-0.05, 0) is 37.6 Å². The first-order chi connectivity index (χ1) is 9.82. The number of nitrogens with one attached hydrogen (secondary N) is 1. The third kappa shape index (κ3) is 5.07. The van der Waals surface area contributed by atoms with Gasteiger partial charge in [-0.15, -0.1) is 0 Å². The fraction of sp³-hybridized carbons (Fsp3) is 0.467. The Morgan fingerprint density at radius 3 is 2.57 bits per heavy atom. The van der Waals surface area contributed by atoms with Gasteiger partial charge in [0, 0.05) is 31.9 Å². The molecule has 0 aliphatic carbocycles. The Morgan fingerprint density at radius 1 is 1.38 bits per heavy atom. The largest absolute Gasteiger partial charge is 0.479 e. The average Bonchev–Trinajstić information content (AvgIpc) is 2.42. The fourth-order valence-electron chi connectivity index (χ4n) is 1.87. The van der Waals surface area contributed by atoms with E-state index in [9.17, 15) is 9.59 Å². The van der Waals surface area contributed by atoms with Crippen LogP contribution in [0.25, 0.3) is 0 Å². The van der Waals surface area contributed by atoms with Crippen molar-refractivity contribution < 1.29 is 19.4 Å². The van der Waals surface area contributed by atoms with E-state index in [0.717, 1.165) is 11.3 Å². The van der Waals surface area contributed by atoms with Crippen molar-refractivity contribution in [1.29, 1.82) is 0 Å². The molecule has 0 saturated carbocycles. The van der Waals surface area contributed by atoms with Gasteiger partial charge in [-0.25, -0.2) is 4.79 Å². The van der Waals surface area contributed by atoms with Crippen LogP contribution in [0.2, 0.25) is 0 Å². The zero-order chi connectivity index (χ0) is 16.0. The van der Waals surface area contributed by atoms with Crippen molar-refractivity contribution in [2.24, 2.45) is 0 Å². The summed E-state index contributed by atoms with van der Waals surface area (Å²) in [6.07, 6.45) is -0.872. The number of rotatable bonds is 7. The van der Waals surface area contributed by atoms with Crippen molar-refractivity contribution in [3.05, 3.63) is 29.3 Å². The standard InChI is InChI=1S/C15H22N2O4/c1-10-9-12(5-6-13(10)17(3)4)14(18)16-7-8-21-11(2)15(19)20/h5-6,9,11H,7-8H2,1-4H3,(H,16,18)(H,19,20). The number of anilines is 1. The molecule has 1 amide bonds. The van der Waals surface area contributed by atoms with Gasteiger partial charge in [0.05, 0.1) is 6.61 Å². The molecule has 0 bridgehead atoms. The number of nitrogens with zero attached hydrogens (tertiary/aromatic N) is 1. The van der Waals surface area contributed by atoms with Crippen molar-refractivity contribution in [3.8, 4) is 0 Å². The highest BCUT2D eigenvalue weighted by Crippen LogP contribution is 2.18. The number of benzene rings is 1. The maximum atomic E-state index is 12.0. The molecule has 6 nitrogen and oxygen atoms in total. The molecular formula is C15H22N2O4. The van der Waals surface area contributed by atoms with Gasteiger partial charge in [0.15, 0.2) is 6.10 Å². The van der Waals surface area contributed by atoms with Gasteiger partial charge in [0.25, 0.3) is 5.91 Å². The molecule has 1 aromatic rings. The molecule has 0 spiro atoms. The van der Waals surface area contributed by atoms with Gasteiger partial charge in [-0.1, -0.05) is 0 Å². The molecule has 116 valence electrons. The van der Waals surface area contributed by atoms with Crippen LogP contribution in [0.5, 0.6) is 0 Å². The summed E-state index contributed by atoms with van der Waals surface area (Å²) >= 11 is 0. The molecule has 2 N–H and O–H groups in total. The van der Waals surface area contributed by atoms with Crippen LogP contribution in [-0.2, 0) is 9.53 Å². The average molecular weight is 294 g/mol. The number of carboxylic acid groups (broad SMARTS) is 1. The lowest BCUT2D eigenvalue weighted by Crippen LogP contribution is -2.30.